The third kappa shape index (κ3) is 5.28. The highest BCUT2D eigenvalue weighted by atomic mass is 32.1. The van der Waals surface area contributed by atoms with Crippen molar-refractivity contribution in [2.45, 2.75) is 38.8 Å². The van der Waals surface area contributed by atoms with Gasteiger partial charge in [-0.1, -0.05) is 54.6 Å². The van der Waals surface area contributed by atoms with Gasteiger partial charge in [0.25, 0.3) is 5.91 Å². The van der Waals surface area contributed by atoms with Crippen molar-refractivity contribution in [2.24, 2.45) is 0 Å². The van der Waals surface area contributed by atoms with Crippen molar-refractivity contribution in [3.63, 3.8) is 0 Å². The van der Waals surface area contributed by atoms with Gasteiger partial charge >= 0.3 is 5.97 Å². The summed E-state index contributed by atoms with van der Waals surface area (Å²) in [4.78, 5) is 43.3. The maximum absolute atomic E-state index is 12.8. The first kappa shape index (κ1) is 22.7. The van der Waals surface area contributed by atoms with Gasteiger partial charge in [-0.15, -0.1) is 11.3 Å². The van der Waals surface area contributed by atoms with Gasteiger partial charge in [0.1, 0.15) is 15.9 Å². The van der Waals surface area contributed by atoms with Crippen LogP contribution in [0.3, 0.4) is 0 Å². The lowest BCUT2D eigenvalue weighted by Crippen LogP contribution is -2.41. The number of carboxylic acid groups (broad SMARTS) is 1. The summed E-state index contributed by atoms with van der Waals surface area (Å²) in [6.07, 6.45) is 1.34. The third-order valence-electron chi connectivity index (χ3n) is 5.68. The van der Waals surface area contributed by atoms with Crippen molar-refractivity contribution in [3.05, 3.63) is 76.3 Å². The Morgan fingerprint density at radius 3 is 2.64 bits per heavy atom. The van der Waals surface area contributed by atoms with Crippen LogP contribution in [0.1, 0.15) is 39.3 Å². The molecule has 2 amide bonds. The number of carboxylic acids is 1. The zero-order chi connectivity index (χ0) is 23.4. The van der Waals surface area contributed by atoms with Gasteiger partial charge in [0.05, 0.1) is 12.1 Å². The quantitative estimate of drug-likeness (QED) is 0.557. The monoisotopic (exact) mass is 463 g/mol. The molecule has 0 aliphatic carbocycles. The van der Waals surface area contributed by atoms with E-state index in [2.05, 4.69) is 10.3 Å². The van der Waals surface area contributed by atoms with Crippen LogP contribution < -0.4 is 5.32 Å². The molecule has 0 radical (unpaired) electrons. The molecule has 33 heavy (non-hydrogen) atoms. The lowest BCUT2D eigenvalue weighted by molar-refractivity contribution is -0.148. The number of rotatable bonds is 7. The lowest BCUT2D eigenvalue weighted by Gasteiger charge is -2.21. The van der Waals surface area contributed by atoms with Crippen LogP contribution in [0.4, 0.5) is 0 Å². The number of hydrogen-bond acceptors (Lipinski definition) is 5. The number of thiazole rings is 1. The molecule has 3 aromatic rings. The number of aromatic nitrogens is 1. The molecule has 2 N–H and O–H groups in total. The van der Waals surface area contributed by atoms with Crippen molar-refractivity contribution in [2.75, 3.05) is 6.54 Å². The van der Waals surface area contributed by atoms with Crippen LogP contribution in [0, 0.1) is 6.92 Å². The average Bonchev–Trinajstić information content (AvgIpc) is 3.46. The Hall–Kier alpha value is -3.52. The van der Waals surface area contributed by atoms with Crippen molar-refractivity contribution in [3.8, 4) is 10.6 Å². The van der Waals surface area contributed by atoms with Gasteiger partial charge in [-0.05, 0) is 30.9 Å². The standard InChI is InChI=1S/C25H25N3O4S/c1-16-22(33-24(27-16)19-9-3-2-4-10-19)23(30)26-15-18-8-5-7-17(13-18)14-21(29)28-12-6-11-20(28)25(31)32/h2-5,7-10,13,20H,6,11-12,14-15H2,1H3,(H,26,30)(H,31,32). The summed E-state index contributed by atoms with van der Waals surface area (Å²) in [7, 11) is 0. The van der Waals surface area contributed by atoms with Crippen molar-refractivity contribution in [1.29, 1.82) is 0 Å². The van der Waals surface area contributed by atoms with Gasteiger partial charge in [0.15, 0.2) is 0 Å². The molecular weight excluding hydrogens is 438 g/mol. The first-order valence-corrected chi connectivity index (χ1v) is 11.6. The molecule has 170 valence electrons. The second-order valence-electron chi connectivity index (χ2n) is 8.06. The number of carbonyl (C=O) groups is 3. The summed E-state index contributed by atoms with van der Waals surface area (Å²) in [6, 6.07) is 16.5. The van der Waals surface area contributed by atoms with E-state index in [0.29, 0.717) is 36.5 Å². The molecule has 2 heterocycles. The summed E-state index contributed by atoms with van der Waals surface area (Å²) in [5, 5.41) is 13.0. The number of hydrogen-bond donors (Lipinski definition) is 2. The van der Waals surface area contributed by atoms with Gasteiger partial charge < -0.3 is 15.3 Å². The average molecular weight is 464 g/mol. The molecule has 2 aromatic carbocycles. The van der Waals surface area contributed by atoms with Gasteiger partial charge in [0.2, 0.25) is 5.91 Å². The first-order valence-electron chi connectivity index (χ1n) is 10.8. The minimum absolute atomic E-state index is 0.139. The zero-order valence-electron chi connectivity index (χ0n) is 18.3. The summed E-state index contributed by atoms with van der Waals surface area (Å²) in [5.41, 5.74) is 3.33. The van der Waals surface area contributed by atoms with E-state index < -0.39 is 12.0 Å². The number of amides is 2. The third-order valence-corrected chi connectivity index (χ3v) is 6.89. The van der Waals surface area contributed by atoms with E-state index in [1.165, 1.54) is 16.2 Å². The molecule has 1 aliphatic rings. The largest absolute Gasteiger partial charge is 0.480 e. The van der Waals surface area contributed by atoms with Crippen LogP contribution in [0.2, 0.25) is 0 Å². The van der Waals surface area contributed by atoms with E-state index in [1.54, 1.807) is 0 Å². The van der Waals surface area contributed by atoms with Gasteiger partial charge in [-0.3, -0.25) is 9.59 Å². The lowest BCUT2D eigenvalue weighted by atomic mass is 10.1. The summed E-state index contributed by atoms with van der Waals surface area (Å²) in [5.74, 6) is -1.32. The maximum atomic E-state index is 12.8. The SMILES string of the molecule is Cc1nc(-c2ccccc2)sc1C(=O)NCc1cccc(CC(=O)N2CCCC2C(=O)O)c1. The molecule has 4 rings (SSSR count). The Labute approximate surface area is 196 Å². The molecule has 1 fully saturated rings. The smallest absolute Gasteiger partial charge is 0.326 e. The maximum Gasteiger partial charge on any atom is 0.326 e. The van der Waals surface area contributed by atoms with Gasteiger partial charge in [-0.2, -0.15) is 0 Å². The number of aryl methyl sites for hydroxylation is 1. The van der Waals surface area contributed by atoms with Crippen LogP contribution >= 0.6 is 11.3 Å². The number of nitrogens with one attached hydrogen (secondary N) is 1. The highest BCUT2D eigenvalue weighted by molar-refractivity contribution is 7.17. The van der Waals surface area contributed by atoms with Gasteiger partial charge in [-0.25, -0.2) is 9.78 Å². The Morgan fingerprint density at radius 1 is 1.12 bits per heavy atom. The van der Waals surface area contributed by atoms with E-state index >= 15 is 0 Å². The van der Waals surface area contributed by atoms with Crippen LogP contribution in [0.5, 0.6) is 0 Å². The van der Waals surface area contributed by atoms with E-state index in [-0.39, 0.29) is 18.2 Å². The number of carbonyl (C=O) groups excluding carboxylic acids is 2. The Bertz CT molecular complexity index is 1180. The Kier molecular flexibility index (Phi) is 6.84. The molecule has 0 saturated carbocycles. The normalized spacial score (nSPS) is 15.4. The summed E-state index contributed by atoms with van der Waals surface area (Å²) >= 11 is 1.36. The highest BCUT2D eigenvalue weighted by Crippen LogP contribution is 2.27. The highest BCUT2D eigenvalue weighted by Gasteiger charge is 2.33. The predicted octanol–water partition coefficient (Wildman–Crippen LogP) is 3.67. The second-order valence-corrected chi connectivity index (χ2v) is 9.06. The number of nitrogens with zero attached hydrogens (tertiary/aromatic N) is 2. The fraction of sp³-hybridized carbons (Fsp3) is 0.280. The minimum atomic E-state index is -0.953. The topological polar surface area (TPSA) is 99.6 Å². The molecule has 0 spiro atoms. The first-order chi connectivity index (χ1) is 15.9. The van der Waals surface area contributed by atoms with Crippen molar-refractivity contribution < 1.29 is 19.5 Å². The molecular formula is C25H25N3O4S. The van der Waals surface area contributed by atoms with Crippen molar-refractivity contribution in [1.82, 2.24) is 15.2 Å². The Balaban J connectivity index is 1.38. The van der Waals surface area contributed by atoms with Crippen molar-refractivity contribution >= 4 is 29.1 Å². The van der Waals surface area contributed by atoms with E-state index in [9.17, 15) is 19.5 Å². The molecule has 1 aliphatic heterocycles. The number of benzene rings is 2. The van der Waals surface area contributed by atoms with E-state index in [0.717, 1.165) is 21.7 Å². The summed E-state index contributed by atoms with van der Waals surface area (Å²) in [6.45, 7) is 2.62. The van der Waals surface area contributed by atoms with Crippen LogP contribution in [0.15, 0.2) is 54.6 Å². The Morgan fingerprint density at radius 2 is 1.88 bits per heavy atom. The number of likely N-dealkylation sites (tertiary alicyclic amines) is 1. The van der Waals surface area contributed by atoms with Crippen LogP contribution in [-0.4, -0.2) is 45.4 Å². The fourth-order valence-corrected chi connectivity index (χ4v) is 5.01. The molecule has 1 unspecified atom stereocenters. The molecule has 0 bridgehead atoms. The molecule has 1 saturated heterocycles. The van der Waals surface area contributed by atoms with Gasteiger partial charge in [0, 0.05) is 18.7 Å². The summed E-state index contributed by atoms with van der Waals surface area (Å²) < 4.78 is 0. The molecule has 7 nitrogen and oxygen atoms in total. The zero-order valence-corrected chi connectivity index (χ0v) is 19.1. The fourth-order valence-electron chi connectivity index (χ4n) is 4.02. The predicted molar refractivity (Wildman–Crippen MR) is 126 cm³/mol. The van der Waals surface area contributed by atoms with Crippen LogP contribution in [0.25, 0.3) is 10.6 Å². The molecule has 1 atom stereocenters. The number of aliphatic carboxylic acids is 1. The van der Waals surface area contributed by atoms with E-state index in [4.69, 9.17) is 0 Å². The molecule has 8 heteroatoms. The minimum Gasteiger partial charge on any atom is -0.480 e. The molecule has 1 aromatic heterocycles. The van der Waals surface area contributed by atoms with Crippen LogP contribution in [-0.2, 0) is 22.6 Å². The second kappa shape index (κ2) is 9.95. The van der Waals surface area contributed by atoms with E-state index in [1.807, 2.05) is 61.5 Å².